The number of carboxylic acids is 1. The number of carboxylic acid groups (broad SMARTS) is 1. The summed E-state index contributed by atoms with van der Waals surface area (Å²) in [4.78, 5) is 16.5. The molecule has 0 radical (unpaired) electrons. The Labute approximate surface area is 146 Å². The molecule has 0 fully saturated rings. The molecule has 5 nitrogen and oxygen atoms in total. The normalized spacial score (nSPS) is 13.3. The summed E-state index contributed by atoms with van der Waals surface area (Å²) in [5.74, 6) is -0.761. The van der Waals surface area contributed by atoms with Crippen molar-refractivity contribution in [1.82, 2.24) is 4.98 Å². The standard InChI is InChI=1S/C20H20N2O3/c1-2-20(19(24)25,13-14-8-10-16(23)11-9-14)22-17-7-3-5-15-6-4-12-21-18(15)17/h3-12,22-23H,2,13H2,1H3,(H,24,25)/t20-/m0/s1. The average Bonchev–Trinajstić information content (AvgIpc) is 2.63. The van der Waals surface area contributed by atoms with E-state index in [0.29, 0.717) is 18.5 Å². The molecule has 0 spiro atoms. The molecule has 0 aliphatic carbocycles. The molecule has 128 valence electrons. The van der Waals surface area contributed by atoms with Crippen molar-refractivity contribution in [2.75, 3.05) is 5.32 Å². The van der Waals surface area contributed by atoms with Crippen molar-refractivity contribution in [3.63, 3.8) is 0 Å². The smallest absolute Gasteiger partial charge is 0.329 e. The summed E-state index contributed by atoms with van der Waals surface area (Å²) in [5.41, 5.74) is 1.11. The largest absolute Gasteiger partial charge is 0.508 e. The topological polar surface area (TPSA) is 82.5 Å². The van der Waals surface area contributed by atoms with Crippen LogP contribution in [-0.2, 0) is 11.2 Å². The number of rotatable bonds is 6. The van der Waals surface area contributed by atoms with Gasteiger partial charge in [0.15, 0.2) is 0 Å². The van der Waals surface area contributed by atoms with E-state index in [-0.39, 0.29) is 5.75 Å². The Morgan fingerprint density at radius 2 is 1.84 bits per heavy atom. The van der Waals surface area contributed by atoms with Gasteiger partial charge in [-0.25, -0.2) is 4.79 Å². The summed E-state index contributed by atoms with van der Waals surface area (Å²) in [7, 11) is 0. The van der Waals surface area contributed by atoms with Gasteiger partial charge in [0.2, 0.25) is 0 Å². The first-order valence-electron chi connectivity index (χ1n) is 8.17. The van der Waals surface area contributed by atoms with Crippen molar-refractivity contribution in [1.29, 1.82) is 0 Å². The monoisotopic (exact) mass is 336 g/mol. The van der Waals surface area contributed by atoms with Crippen molar-refractivity contribution in [2.24, 2.45) is 0 Å². The third-order valence-corrected chi connectivity index (χ3v) is 4.46. The van der Waals surface area contributed by atoms with Crippen LogP contribution in [0, 0.1) is 0 Å². The summed E-state index contributed by atoms with van der Waals surface area (Å²) in [6.45, 7) is 1.85. The van der Waals surface area contributed by atoms with Gasteiger partial charge in [-0.15, -0.1) is 0 Å². The van der Waals surface area contributed by atoms with Crippen LogP contribution in [0.2, 0.25) is 0 Å². The molecule has 0 aliphatic heterocycles. The highest BCUT2D eigenvalue weighted by atomic mass is 16.4. The molecule has 5 heteroatoms. The molecule has 1 atom stereocenters. The summed E-state index contributed by atoms with van der Waals surface area (Å²) >= 11 is 0. The number of nitrogens with one attached hydrogen (secondary N) is 1. The number of benzene rings is 2. The molecule has 0 amide bonds. The third kappa shape index (κ3) is 3.40. The fourth-order valence-electron chi connectivity index (χ4n) is 2.96. The van der Waals surface area contributed by atoms with Gasteiger partial charge < -0.3 is 15.5 Å². The maximum absolute atomic E-state index is 12.1. The molecular formula is C20H20N2O3. The van der Waals surface area contributed by atoms with Gasteiger partial charge in [0.1, 0.15) is 11.3 Å². The van der Waals surface area contributed by atoms with Crippen LogP contribution in [0.5, 0.6) is 5.75 Å². The van der Waals surface area contributed by atoms with E-state index in [9.17, 15) is 15.0 Å². The molecule has 3 N–H and O–H groups in total. The lowest BCUT2D eigenvalue weighted by atomic mass is 9.87. The number of pyridine rings is 1. The molecule has 1 aromatic heterocycles. The number of aromatic hydroxyl groups is 1. The Hall–Kier alpha value is -3.08. The predicted molar refractivity (Wildman–Crippen MR) is 97.8 cm³/mol. The average molecular weight is 336 g/mol. The molecule has 0 saturated heterocycles. The zero-order valence-corrected chi connectivity index (χ0v) is 13.9. The highest BCUT2D eigenvalue weighted by molar-refractivity contribution is 5.93. The van der Waals surface area contributed by atoms with Gasteiger partial charge in [-0.2, -0.15) is 0 Å². The molecule has 2 aromatic carbocycles. The van der Waals surface area contributed by atoms with Crippen molar-refractivity contribution >= 4 is 22.6 Å². The third-order valence-electron chi connectivity index (χ3n) is 4.46. The van der Waals surface area contributed by atoms with Crippen molar-refractivity contribution < 1.29 is 15.0 Å². The maximum Gasteiger partial charge on any atom is 0.329 e. The van der Waals surface area contributed by atoms with E-state index in [1.807, 2.05) is 37.3 Å². The van der Waals surface area contributed by atoms with Gasteiger partial charge in [-0.05, 0) is 36.2 Å². The SMILES string of the molecule is CC[C@@](Cc1ccc(O)cc1)(Nc1cccc2cccnc12)C(=O)O. The number of fused-ring (bicyclic) bond motifs is 1. The predicted octanol–water partition coefficient (Wildman–Crippen LogP) is 3.83. The Morgan fingerprint density at radius 3 is 2.52 bits per heavy atom. The number of aliphatic carboxylic acids is 1. The van der Waals surface area contributed by atoms with Gasteiger partial charge in [0.05, 0.1) is 11.2 Å². The zero-order valence-electron chi connectivity index (χ0n) is 13.9. The van der Waals surface area contributed by atoms with Crippen LogP contribution in [0.3, 0.4) is 0 Å². The van der Waals surface area contributed by atoms with Crippen LogP contribution >= 0.6 is 0 Å². The van der Waals surface area contributed by atoms with Crippen LogP contribution < -0.4 is 5.32 Å². The number of aromatic nitrogens is 1. The number of anilines is 1. The number of hydrogen-bond acceptors (Lipinski definition) is 4. The van der Waals surface area contributed by atoms with Crippen LogP contribution in [-0.4, -0.2) is 26.7 Å². The van der Waals surface area contributed by atoms with Crippen molar-refractivity contribution in [3.8, 4) is 5.75 Å². The second-order valence-electron chi connectivity index (χ2n) is 6.09. The Morgan fingerprint density at radius 1 is 1.12 bits per heavy atom. The van der Waals surface area contributed by atoms with E-state index in [1.165, 1.54) is 0 Å². The van der Waals surface area contributed by atoms with Crippen LogP contribution in [0.15, 0.2) is 60.8 Å². The fourth-order valence-corrected chi connectivity index (χ4v) is 2.96. The lowest BCUT2D eigenvalue weighted by Crippen LogP contribution is -2.48. The van der Waals surface area contributed by atoms with E-state index in [2.05, 4.69) is 10.3 Å². The van der Waals surface area contributed by atoms with Gasteiger partial charge >= 0.3 is 5.97 Å². The molecule has 3 rings (SSSR count). The number of phenols is 1. The quantitative estimate of drug-likeness (QED) is 0.637. The van der Waals surface area contributed by atoms with Crippen LogP contribution in [0.4, 0.5) is 5.69 Å². The first-order chi connectivity index (χ1) is 12.0. The van der Waals surface area contributed by atoms with Crippen molar-refractivity contribution in [3.05, 3.63) is 66.4 Å². The first-order valence-corrected chi connectivity index (χ1v) is 8.17. The molecule has 3 aromatic rings. The molecule has 0 bridgehead atoms. The molecule has 25 heavy (non-hydrogen) atoms. The number of carbonyl (C=O) groups is 1. The summed E-state index contributed by atoms with van der Waals surface area (Å²) in [5, 5.41) is 23.6. The number of phenolic OH excluding ortho intramolecular Hbond substituents is 1. The summed E-state index contributed by atoms with van der Waals surface area (Å²) in [6, 6.07) is 16.1. The molecule has 0 unspecified atom stereocenters. The van der Waals surface area contributed by atoms with Crippen LogP contribution in [0.1, 0.15) is 18.9 Å². The van der Waals surface area contributed by atoms with Gasteiger partial charge in [-0.3, -0.25) is 4.98 Å². The molecule has 1 heterocycles. The second kappa shape index (κ2) is 6.81. The lowest BCUT2D eigenvalue weighted by Gasteiger charge is -2.31. The highest BCUT2D eigenvalue weighted by Crippen LogP contribution is 2.28. The number of nitrogens with zero attached hydrogens (tertiary/aromatic N) is 1. The minimum absolute atomic E-state index is 0.160. The van der Waals surface area contributed by atoms with E-state index in [1.54, 1.807) is 30.5 Å². The molecule has 0 aliphatic rings. The Kier molecular flexibility index (Phi) is 4.57. The van der Waals surface area contributed by atoms with Crippen LogP contribution in [0.25, 0.3) is 10.9 Å². The number of hydrogen-bond donors (Lipinski definition) is 3. The Balaban J connectivity index is 2.00. The van der Waals surface area contributed by atoms with Gasteiger partial charge in [-0.1, -0.05) is 37.3 Å². The zero-order chi connectivity index (χ0) is 17.9. The van der Waals surface area contributed by atoms with E-state index in [4.69, 9.17) is 0 Å². The van der Waals surface area contributed by atoms with Crippen molar-refractivity contribution in [2.45, 2.75) is 25.3 Å². The second-order valence-corrected chi connectivity index (χ2v) is 6.09. The molecular weight excluding hydrogens is 316 g/mol. The Bertz CT molecular complexity index is 888. The van der Waals surface area contributed by atoms with E-state index < -0.39 is 11.5 Å². The lowest BCUT2D eigenvalue weighted by molar-refractivity contribution is -0.142. The molecule has 0 saturated carbocycles. The summed E-state index contributed by atoms with van der Waals surface area (Å²) < 4.78 is 0. The fraction of sp³-hybridized carbons (Fsp3) is 0.200. The first kappa shape index (κ1) is 16.8. The van der Waals surface area contributed by atoms with E-state index >= 15 is 0 Å². The van der Waals surface area contributed by atoms with Gasteiger partial charge in [0.25, 0.3) is 0 Å². The minimum atomic E-state index is -1.16. The number of para-hydroxylation sites is 1. The van der Waals surface area contributed by atoms with E-state index in [0.717, 1.165) is 16.5 Å². The highest BCUT2D eigenvalue weighted by Gasteiger charge is 2.37. The maximum atomic E-state index is 12.1. The summed E-state index contributed by atoms with van der Waals surface area (Å²) in [6.07, 6.45) is 2.39. The minimum Gasteiger partial charge on any atom is -0.508 e. The van der Waals surface area contributed by atoms with Gasteiger partial charge in [0, 0.05) is 18.0 Å².